The second-order valence-corrected chi connectivity index (χ2v) is 18.0. The Bertz CT molecular complexity index is 1340. The molecule has 0 spiro atoms. The maximum absolute atomic E-state index is 8.74. The van der Waals surface area contributed by atoms with Gasteiger partial charge in [0.1, 0.15) is 0 Å². The van der Waals surface area contributed by atoms with Crippen LogP contribution in [0.4, 0.5) is 0 Å². The molecule has 8 bridgehead atoms. The Morgan fingerprint density at radius 3 is 1.13 bits per heavy atom. The molecule has 6 N–H and O–H groups in total. The van der Waals surface area contributed by atoms with Gasteiger partial charge < -0.3 is 11.5 Å². The van der Waals surface area contributed by atoms with Crippen molar-refractivity contribution in [2.75, 3.05) is 0 Å². The summed E-state index contributed by atoms with van der Waals surface area (Å²) in [5.74, 6) is 3.60. The van der Waals surface area contributed by atoms with Gasteiger partial charge in [-0.3, -0.25) is 9.11 Å². The van der Waals surface area contributed by atoms with Crippen LogP contribution in [0.15, 0.2) is 48.5 Å². The lowest BCUT2D eigenvalue weighted by Gasteiger charge is -2.64. The first-order valence-corrected chi connectivity index (χ1v) is 18.9. The normalized spacial score (nSPS) is 40.2. The van der Waals surface area contributed by atoms with Crippen LogP contribution in [0.3, 0.4) is 0 Å². The molecule has 0 amide bonds. The highest BCUT2D eigenvalue weighted by molar-refractivity contribution is 7.79. The fourth-order valence-corrected chi connectivity index (χ4v) is 12.3. The van der Waals surface area contributed by atoms with Crippen molar-refractivity contribution in [2.45, 2.75) is 114 Å². The molecule has 0 radical (unpaired) electrons. The van der Waals surface area contributed by atoms with Crippen LogP contribution in [0.1, 0.15) is 102 Å². The highest BCUT2D eigenvalue weighted by atomic mass is 35.5. The molecular formula is C36H50Cl2N2O4S. The van der Waals surface area contributed by atoms with Gasteiger partial charge in [-0.05, 0) is 172 Å². The number of halogens is 2. The Balaban J connectivity index is 0.000000139. The van der Waals surface area contributed by atoms with Crippen LogP contribution in [0.5, 0.6) is 0 Å². The van der Waals surface area contributed by atoms with Gasteiger partial charge in [-0.1, -0.05) is 47.5 Å². The summed E-state index contributed by atoms with van der Waals surface area (Å²) < 4.78 is 31.6. The zero-order valence-corrected chi connectivity index (χ0v) is 28.9. The minimum absolute atomic E-state index is 0.333. The molecule has 6 atom stereocenters. The molecule has 2 aromatic carbocycles. The number of nitrogens with two attached hydrogens (primary N) is 2. The molecule has 2 aromatic rings. The predicted octanol–water partition coefficient (Wildman–Crippen LogP) is 8.40. The van der Waals surface area contributed by atoms with E-state index in [9.17, 15) is 0 Å². The van der Waals surface area contributed by atoms with Gasteiger partial charge in [0.15, 0.2) is 0 Å². The highest BCUT2D eigenvalue weighted by Crippen LogP contribution is 2.67. The van der Waals surface area contributed by atoms with E-state index in [2.05, 4.69) is 62.4 Å². The number of rotatable bonds is 4. The van der Waals surface area contributed by atoms with E-state index in [1.807, 2.05) is 0 Å². The van der Waals surface area contributed by atoms with Crippen LogP contribution in [0.2, 0.25) is 10.0 Å². The summed E-state index contributed by atoms with van der Waals surface area (Å²) in [5, 5.41) is 1.70. The third-order valence-electron chi connectivity index (χ3n) is 13.1. The highest BCUT2D eigenvalue weighted by Gasteiger charge is 2.60. The van der Waals surface area contributed by atoms with Crippen molar-refractivity contribution in [3.63, 3.8) is 0 Å². The van der Waals surface area contributed by atoms with Gasteiger partial charge in [0, 0.05) is 22.1 Å². The van der Waals surface area contributed by atoms with Gasteiger partial charge in [0.25, 0.3) is 0 Å². The van der Waals surface area contributed by atoms with E-state index < -0.39 is 10.4 Å². The van der Waals surface area contributed by atoms with Gasteiger partial charge in [-0.15, -0.1) is 0 Å². The van der Waals surface area contributed by atoms with Crippen molar-refractivity contribution in [3.8, 4) is 0 Å². The fourth-order valence-electron chi connectivity index (χ4n) is 12.0. The molecule has 0 heterocycles. The standard InChI is InChI=1S/2C18H24ClN.H2O4S/c2*1-12(20)17-7-13-6-14(8-17)10-18(9-13,11-17)15-2-4-16(19)5-3-15;1-5(2,3)4/h2*2-5,12-14H,6-11,20H2,1H3;(H2,1,2,3,4). The van der Waals surface area contributed by atoms with Crippen molar-refractivity contribution in [1.29, 1.82) is 0 Å². The van der Waals surface area contributed by atoms with Crippen LogP contribution in [-0.2, 0) is 21.2 Å². The first-order valence-electron chi connectivity index (χ1n) is 16.8. The van der Waals surface area contributed by atoms with E-state index in [0.717, 1.165) is 33.7 Å². The Kier molecular flexibility index (Phi) is 9.02. The summed E-state index contributed by atoms with van der Waals surface area (Å²) in [6.07, 6.45) is 16.5. The molecule has 10 rings (SSSR count). The van der Waals surface area contributed by atoms with E-state index >= 15 is 0 Å². The first kappa shape index (κ1) is 33.7. The SMILES string of the molecule is CC(N)C12CC3CC(CC(c4ccc(Cl)cc4)(C3)C1)C2.CC(N)C12CC3CC(CC(c4ccc(Cl)cc4)(C3)C1)C2.O=S(=O)(O)O. The van der Waals surface area contributed by atoms with Crippen molar-refractivity contribution in [3.05, 3.63) is 69.7 Å². The van der Waals surface area contributed by atoms with Gasteiger partial charge >= 0.3 is 10.4 Å². The molecule has 9 heteroatoms. The minimum atomic E-state index is -4.67. The van der Waals surface area contributed by atoms with Crippen molar-refractivity contribution in [2.24, 2.45) is 46.0 Å². The monoisotopic (exact) mass is 676 g/mol. The number of hydrogen-bond donors (Lipinski definition) is 4. The van der Waals surface area contributed by atoms with Crippen molar-refractivity contribution < 1.29 is 17.5 Å². The summed E-state index contributed by atoms with van der Waals surface area (Å²) in [5.41, 5.74) is 17.5. The minimum Gasteiger partial charge on any atom is -0.327 e. The maximum atomic E-state index is 8.74. The van der Waals surface area contributed by atoms with E-state index in [1.165, 1.54) is 88.2 Å². The van der Waals surface area contributed by atoms with E-state index in [4.69, 9.17) is 52.2 Å². The molecular weight excluding hydrogens is 627 g/mol. The van der Waals surface area contributed by atoms with Crippen LogP contribution in [0.25, 0.3) is 0 Å². The smallest absolute Gasteiger partial charge is 0.327 e. The van der Waals surface area contributed by atoms with Crippen LogP contribution in [-0.4, -0.2) is 29.6 Å². The molecule has 0 aromatic heterocycles. The van der Waals surface area contributed by atoms with E-state index in [-0.39, 0.29) is 0 Å². The van der Waals surface area contributed by atoms with E-state index in [1.54, 1.807) is 0 Å². The summed E-state index contributed by atoms with van der Waals surface area (Å²) in [4.78, 5) is 0. The second-order valence-electron chi connectivity index (χ2n) is 16.2. The third kappa shape index (κ3) is 6.75. The zero-order valence-electron chi connectivity index (χ0n) is 26.6. The third-order valence-corrected chi connectivity index (χ3v) is 13.6. The van der Waals surface area contributed by atoms with E-state index in [0.29, 0.717) is 33.7 Å². The Morgan fingerprint density at radius 2 is 0.889 bits per heavy atom. The average Bonchev–Trinajstić information content (AvgIpc) is 2.92. The lowest BCUT2D eigenvalue weighted by atomic mass is 9.41. The Labute approximate surface area is 279 Å². The molecule has 8 aliphatic rings. The molecule has 8 saturated carbocycles. The molecule has 6 unspecified atom stereocenters. The molecule has 8 aliphatic carbocycles. The summed E-state index contributed by atoms with van der Waals surface area (Å²) >= 11 is 12.2. The van der Waals surface area contributed by atoms with Crippen molar-refractivity contribution in [1.82, 2.24) is 0 Å². The fraction of sp³-hybridized carbons (Fsp3) is 0.667. The Morgan fingerprint density at radius 1 is 0.622 bits per heavy atom. The van der Waals surface area contributed by atoms with Gasteiger partial charge in [-0.2, -0.15) is 8.42 Å². The van der Waals surface area contributed by atoms with Gasteiger partial charge in [0.05, 0.1) is 0 Å². The summed E-state index contributed by atoms with van der Waals surface area (Å²) in [6, 6.07) is 18.0. The first-order chi connectivity index (χ1) is 21.0. The van der Waals surface area contributed by atoms with Crippen LogP contribution >= 0.6 is 23.2 Å². The number of benzene rings is 2. The largest absolute Gasteiger partial charge is 0.394 e. The summed E-state index contributed by atoms with van der Waals surface area (Å²) in [7, 11) is -4.67. The zero-order chi connectivity index (χ0) is 32.4. The molecule has 6 nitrogen and oxygen atoms in total. The topological polar surface area (TPSA) is 127 Å². The lowest BCUT2D eigenvalue weighted by Crippen LogP contribution is -2.59. The molecule has 0 aliphatic heterocycles. The second kappa shape index (κ2) is 12.0. The lowest BCUT2D eigenvalue weighted by molar-refractivity contribution is -0.0822. The predicted molar refractivity (Wildman–Crippen MR) is 182 cm³/mol. The Hall–Kier alpha value is -1.19. The quantitative estimate of drug-likeness (QED) is 0.241. The maximum Gasteiger partial charge on any atom is 0.394 e. The van der Waals surface area contributed by atoms with Gasteiger partial charge in [-0.25, -0.2) is 0 Å². The van der Waals surface area contributed by atoms with Crippen molar-refractivity contribution >= 4 is 33.6 Å². The molecule has 45 heavy (non-hydrogen) atoms. The number of hydrogen-bond acceptors (Lipinski definition) is 4. The summed E-state index contributed by atoms with van der Waals surface area (Å²) in [6.45, 7) is 4.48. The molecule has 8 fully saturated rings. The molecule has 0 saturated heterocycles. The van der Waals surface area contributed by atoms with Gasteiger partial charge in [0.2, 0.25) is 0 Å². The average molecular weight is 678 g/mol. The van der Waals surface area contributed by atoms with Crippen LogP contribution in [0, 0.1) is 34.5 Å². The molecule has 248 valence electrons. The van der Waals surface area contributed by atoms with Crippen LogP contribution < -0.4 is 11.5 Å².